The van der Waals surface area contributed by atoms with Crippen LogP contribution in [0.3, 0.4) is 0 Å². The summed E-state index contributed by atoms with van der Waals surface area (Å²) in [5, 5.41) is 8.82. The van der Waals surface area contributed by atoms with E-state index in [2.05, 4.69) is 15.6 Å². The van der Waals surface area contributed by atoms with Gasteiger partial charge < -0.3 is 10.6 Å². The molecule has 0 radical (unpaired) electrons. The third-order valence-corrected chi connectivity index (χ3v) is 5.35. The molecule has 0 aliphatic carbocycles. The molecule has 2 N–H and O–H groups in total. The molecule has 0 aliphatic heterocycles. The molecule has 28 heavy (non-hydrogen) atoms. The average molecular weight is 414 g/mol. The van der Waals surface area contributed by atoms with Gasteiger partial charge in [-0.3, -0.25) is 9.59 Å². The molecule has 0 fully saturated rings. The van der Waals surface area contributed by atoms with Crippen molar-refractivity contribution in [3.05, 3.63) is 69.7 Å². The summed E-state index contributed by atoms with van der Waals surface area (Å²) in [6.45, 7) is 4.15. The molecule has 1 heterocycles. The van der Waals surface area contributed by atoms with Crippen molar-refractivity contribution in [1.29, 1.82) is 0 Å². The van der Waals surface area contributed by atoms with Crippen LogP contribution >= 0.6 is 22.9 Å². The van der Waals surface area contributed by atoms with Gasteiger partial charge in [0.1, 0.15) is 5.01 Å². The van der Waals surface area contributed by atoms with Gasteiger partial charge in [-0.15, -0.1) is 11.3 Å². The first-order valence-corrected chi connectivity index (χ1v) is 10.0. The molecule has 5 nitrogen and oxygen atoms in total. The molecule has 1 aromatic heterocycles. The first-order chi connectivity index (χ1) is 13.4. The molecule has 0 atom stereocenters. The summed E-state index contributed by atoms with van der Waals surface area (Å²) in [6.07, 6.45) is 0.548. The second-order valence-corrected chi connectivity index (χ2v) is 7.72. The molecule has 3 rings (SSSR count). The largest absolute Gasteiger partial charge is 0.347 e. The first kappa shape index (κ1) is 20.0. The van der Waals surface area contributed by atoms with Crippen molar-refractivity contribution in [2.24, 2.45) is 0 Å². The lowest BCUT2D eigenvalue weighted by atomic mass is 10.1. The highest BCUT2D eigenvalue weighted by Gasteiger charge is 2.14. The van der Waals surface area contributed by atoms with Crippen molar-refractivity contribution in [3.8, 4) is 10.6 Å². The lowest BCUT2D eigenvalue weighted by molar-refractivity contribution is -0.136. The number of benzene rings is 2. The van der Waals surface area contributed by atoms with E-state index in [0.717, 1.165) is 27.4 Å². The molecule has 0 spiro atoms. The molecule has 0 aliphatic rings. The van der Waals surface area contributed by atoms with E-state index in [9.17, 15) is 9.59 Å². The highest BCUT2D eigenvalue weighted by molar-refractivity contribution is 7.13. The Morgan fingerprint density at radius 1 is 1.07 bits per heavy atom. The topological polar surface area (TPSA) is 71.1 Å². The van der Waals surface area contributed by atoms with E-state index in [0.29, 0.717) is 23.7 Å². The van der Waals surface area contributed by atoms with Crippen LogP contribution in [0.15, 0.2) is 47.8 Å². The summed E-state index contributed by atoms with van der Waals surface area (Å²) in [5.41, 5.74) is 4.43. The number of carbonyl (C=O) groups is 2. The van der Waals surface area contributed by atoms with Gasteiger partial charge >= 0.3 is 11.8 Å². The number of halogens is 1. The molecule has 144 valence electrons. The van der Waals surface area contributed by atoms with Gasteiger partial charge in [-0.25, -0.2) is 4.98 Å². The number of aryl methyl sites for hydroxylation is 2. The Balaban J connectivity index is 1.50. The third kappa shape index (κ3) is 5.18. The van der Waals surface area contributed by atoms with Crippen LogP contribution in [0.1, 0.15) is 16.8 Å². The number of amides is 2. The Morgan fingerprint density at radius 2 is 1.82 bits per heavy atom. The normalized spacial score (nSPS) is 10.5. The predicted molar refractivity (Wildman–Crippen MR) is 114 cm³/mol. The second kappa shape index (κ2) is 8.99. The van der Waals surface area contributed by atoms with Crippen molar-refractivity contribution >= 4 is 40.4 Å². The van der Waals surface area contributed by atoms with Gasteiger partial charge in [-0.1, -0.05) is 35.9 Å². The monoisotopic (exact) mass is 413 g/mol. The van der Waals surface area contributed by atoms with Crippen molar-refractivity contribution in [3.63, 3.8) is 0 Å². The molecule has 2 aromatic carbocycles. The van der Waals surface area contributed by atoms with E-state index in [1.807, 2.05) is 61.7 Å². The lowest BCUT2D eigenvalue weighted by Crippen LogP contribution is -2.36. The Kier molecular flexibility index (Phi) is 6.44. The van der Waals surface area contributed by atoms with Gasteiger partial charge in [0.15, 0.2) is 0 Å². The first-order valence-electron chi connectivity index (χ1n) is 8.79. The number of aromatic nitrogens is 1. The highest BCUT2D eigenvalue weighted by atomic mass is 35.5. The third-order valence-electron chi connectivity index (χ3n) is 4.16. The average Bonchev–Trinajstić information content (AvgIpc) is 3.14. The van der Waals surface area contributed by atoms with Crippen LogP contribution in [0.25, 0.3) is 10.6 Å². The van der Waals surface area contributed by atoms with Crippen molar-refractivity contribution in [1.82, 2.24) is 10.3 Å². The summed E-state index contributed by atoms with van der Waals surface area (Å²) in [5.74, 6) is -1.33. The number of anilines is 1. The van der Waals surface area contributed by atoms with Crippen LogP contribution in [-0.2, 0) is 16.0 Å². The SMILES string of the molecule is Cc1ccc(C)c(NC(=O)C(=O)NCCc2csc(-c3ccc(Cl)cc3)n2)c1. The summed E-state index contributed by atoms with van der Waals surface area (Å²) in [6, 6.07) is 13.2. The van der Waals surface area contributed by atoms with Crippen molar-refractivity contribution in [2.75, 3.05) is 11.9 Å². The fourth-order valence-electron chi connectivity index (χ4n) is 2.58. The van der Waals surface area contributed by atoms with E-state index in [-0.39, 0.29) is 0 Å². The van der Waals surface area contributed by atoms with Crippen LogP contribution in [0.2, 0.25) is 5.02 Å². The van der Waals surface area contributed by atoms with Gasteiger partial charge in [0.25, 0.3) is 0 Å². The molecule has 2 amide bonds. The maximum absolute atomic E-state index is 12.1. The van der Waals surface area contributed by atoms with Gasteiger partial charge in [-0.2, -0.15) is 0 Å². The minimum atomic E-state index is -0.672. The number of nitrogens with zero attached hydrogens (tertiary/aromatic N) is 1. The standard InChI is InChI=1S/C21H20ClN3O2S/c1-13-3-4-14(2)18(11-13)25-20(27)19(26)23-10-9-17-12-28-21(24-17)15-5-7-16(22)8-6-15/h3-8,11-12H,9-10H2,1-2H3,(H,23,26)(H,25,27). The Labute approximate surface area is 172 Å². The smallest absolute Gasteiger partial charge is 0.313 e. The van der Waals surface area contributed by atoms with E-state index < -0.39 is 11.8 Å². The molecular formula is C21H20ClN3O2S. The summed E-state index contributed by atoms with van der Waals surface area (Å²) in [7, 11) is 0. The molecule has 3 aromatic rings. The molecule has 0 unspecified atom stereocenters. The van der Waals surface area contributed by atoms with Gasteiger partial charge in [-0.05, 0) is 43.2 Å². The minimum Gasteiger partial charge on any atom is -0.347 e. The lowest BCUT2D eigenvalue weighted by Gasteiger charge is -2.09. The maximum atomic E-state index is 12.1. The summed E-state index contributed by atoms with van der Waals surface area (Å²) in [4.78, 5) is 28.7. The molecular weight excluding hydrogens is 394 g/mol. The fourth-order valence-corrected chi connectivity index (χ4v) is 3.57. The summed E-state index contributed by atoms with van der Waals surface area (Å²) >= 11 is 7.44. The van der Waals surface area contributed by atoms with Crippen LogP contribution < -0.4 is 10.6 Å². The van der Waals surface area contributed by atoms with Gasteiger partial charge in [0, 0.05) is 34.6 Å². The second-order valence-electron chi connectivity index (χ2n) is 6.43. The van der Waals surface area contributed by atoms with E-state index in [1.54, 1.807) is 0 Å². The summed E-state index contributed by atoms with van der Waals surface area (Å²) < 4.78 is 0. The quantitative estimate of drug-likeness (QED) is 0.610. The number of rotatable bonds is 5. The zero-order valence-corrected chi connectivity index (χ0v) is 17.2. The maximum Gasteiger partial charge on any atom is 0.313 e. The van der Waals surface area contributed by atoms with E-state index in [4.69, 9.17) is 11.6 Å². The number of hydrogen-bond donors (Lipinski definition) is 2. The van der Waals surface area contributed by atoms with Crippen LogP contribution in [-0.4, -0.2) is 23.3 Å². The number of carbonyl (C=O) groups excluding carboxylic acids is 2. The molecule has 0 saturated heterocycles. The van der Waals surface area contributed by atoms with Crippen molar-refractivity contribution in [2.45, 2.75) is 20.3 Å². The molecule has 0 bridgehead atoms. The van der Waals surface area contributed by atoms with E-state index in [1.165, 1.54) is 11.3 Å². The Hall–Kier alpha value is -2.70. The minimum absolute atomic E-state index is 0.336. The zero-order valence-electron chi connectivity index (χ0n) is 15.6. The number of nitrogens with one attached hydrogen (secondary N) is 2. The Morgan fingerprint density at radius 3 is 2.57 bits per heavy atom. The van der Waals surface area contributed by atoms with Crippen LogP contribution in [0.4, 0.5) is 5.69 Å². The number of hydrogen-bond acceptors (Lipinski definition) is 4. The fraction of sp³-hybridized carbons (Fsp3) is 0.190. The zero-order chi connectivity index (χ0) is 20.1. The highest BCUT2D eigenvalue weighted by Crippen LogP contribution is 2.25. The van der Waals surface area contributed by atoms with Crippen molar-refractivity contribution < 1.29 is 9.59 Å². The molecule has 0 saturated carbocycles. The van der Waals surface area contributed by atoms with E-state index >= 15 is 0 Å². The van der Waals surface area contributed by atoms with Gasteiger partial charge in [0.2, 0.25) is 0 Å². The molecule has 7 heteroatoms. The predicted octanol–water partition coefficient (Wildman–Crippen LogP) is 4.38. The Bertz CT molecular complexity index is 999. The van der Waals surface area contributed by atoms with Crippen LogP contribution in [0, 0.1) is 13.8 Å². The van der Waals surface area contributed by atoms with Gasteiger partial charge in [0.05, 0.1) is 5.69 Å². The van der Waals surface area contributed by atoms with Crippen LogP contribution in [0.5, 0.6) is 0 Å². The number of thiazole rings is 1.